The van der Waals surface area contributed by atoms with Crippen LogP contribution in [-0.4, -0.2) is 40.1 Å². The van der Waals surface area contributed by atoms with E-state index in [4.69, 9.17) is 4.74 Å². The van der Waals surface area contributed by atoms with E-state index in [0.717, 1.165) is 22.3 Å². The third-order valence-electron chi connectivity index (χ3n) is 5.97. The van der Waals surface area contributed by atoms with Crippen LogP contribution in [-0.2, 0) is 33.3 Å². The normalized spacial score (nSPS) is 16.9. The summed E-state index contributed by atoms with van der Waals surface area (Å²) >= 11 is 1.66. The van der Waals surface area contributed by atoms with Gasteiger partial charge in [0.05, 0.1) is 23.8 Å². The van der Waals surface area contributed by atoms with Gasteiger partial charge in [-0.3, -0.25) is 4.79 Å². The van der Waals surface area contributed by atoms with Crippen LogP contribution < -0.4 is 0 Å². The van der Waals surface area contributed by atoms with Crippen LogP contribution >= 0.6 is 11.8 Å². The quantitative estimate of drug-likeness (QED) is 0.593. The van der Waals surface area contributed by atoms with Gasteiger partial charge in [0.2, 0.25) is 5.91 Å². The van der Waals surface area contributed by atoms with Crippen LogP contribution in [0.5, 0.6) is 5.75 Å². The van der Waals surface area contributed by atoms with Crippen molar-refractivity contribution in [3.8, 4) is 5.75 Å². The molecular formula is C27H35NO4S. The summed E-state index contributed by atoms with van der Waals surface area (Å²) < 4.78 is 4.74. The van der Waals surface area contributed by atoms with Gasteiger partial charge in [0.1, 0.15) is 5.75 Å². The molecule has 0 aromatic heterocycles. The molecule has 178 valence electrons. The number of methoxy groups -OCH3 is 1. The van der Waals surface area contributed by atoms with Gasteiger partial charge in [-0.05, 0) is 51.6 Å². The minimum atomic E-state index is -0.368. The van der Waals surface area contributed by atoms with Gasteiger partial charge in [0.25, 0.3) is 0 Å². The number of aromatic hydroxyl groups is 1. The van der Waals surface area contributed by atoms with Gasteiger partial charge in [-0.25, -0.2) is 4.79 Å². The van der Waals surface area contributed by atoms with E-state index in [2.05, 4.69) is 53.7 Å². The van der Waals surface area contributed by atoms with Crippen LogP contribution in [0.15, 0.2) is 36.4 Å². The first-order chi connectivity index (χ1) is 15.3. The van der Waals surface area contributed by atoms with E-state index in [1.807, 2.05) is 17.0 Å². The van der Waals surface area contributed by atoms with Crippen LogP contribution in [0.3, 0.4) is 0 Å². The molecule has 0 radical (unpaired) electrons. The van der Waals surface area contributed by atoms with Gasteiger partial charge in [-0.15, -0.1) is 11.8 Å². The number of ether oxygens (including phenoxy) is 1. The number of nitrogens with zero attached hydrogens (tertiary/aromatic N) is 1. The standard InChI is InChI=1S/C27H35NO4S/c1-26(2,3)20-12-18(13-21(23(20)29)27(4,5)6)14-22-24(30)28(16-33-22)15-17-8-10-19(11-9-17)25(31)32-7/h8-13,22,29H,14-16H2,1-7H3. The zero-order valence-electron chi connectivity index (χ0n) is 20.7. The van der Waals surface area contributed by atoms with Crippen LogP contribution in [0.25, 0.3) is 0 Å². The summed E-state index contributed by atoms with van der Waals surface area (Å²) in [5.74, 6) is 0.756. The highest BCUT2D eigenvalue weighted by Gasteiger charge is 2.34. The number of rotatable bonds is 5. The Balaban J connectivity index is 1.77. The van der Waals surface area contributed by atoms with E-state index in [1.165, 1.54) is 7.11 Å². The summed E-state index contributed by atoms with van der Waals surface area (Å²) in [6, 6.07) is 11.3. The molecule has 0 spiro atoms. The lowest BCUT2D eigenvalue weighted by Gasteiger charge is -2.28. The zero-order chi connectivity index (χ0) is 24.6. The number of benzene rings is 2. The number of esters is 1. The Labute approximate surface area is 201 Å². The Morgan fingerprint density at radius 1 is 1.03 bits per heavy atom. The summed E-state index contributed by atoms with van der Waals surface area (Å²) in [4.78, 5) is 26.6. The average molecular weight is 470 g/mol. The zero-order valence-corrected chi connectivity index (χ0v) is 21.5. The molecule has 6 heteroatoms. The van der Waals surface area contributed by atoms with Crippen molar-refractivity contribution in [1.82, 2.24) is 4.90 Å². The lowest BCUT2D eigenvalue weighted by molar-refractivity contribution is -0.129. The minimum Gasteiger partial charge on any atom is -0.507 e. The Morgan fingerprint density at radius 2 is 1.58 bits per heavy atom. The number of phenolic OH excluding ortho intramolecular Hbond substituents is 1. The molecule has 1 atom stereocenters. The lowest BCUT2D eigenvalue weighted by atomic mass is 9.78. The fraction of sp³-hybridized carbons (Fsp3) is 0.481. The average Bonchev–Trinajstić information content (AvgIpc) is 3.06. The molecule has 1 heterocycles. The Kier molecular flexibility index (Phi) is 7.18. The van der Waals surface area contributed by atoms with Gasteiger partial charge in [0.15, 0.2) is 0 Å². The summed E-state index contributed by atoms with van der Waals surface area (Å²) in [7, 11) is 1.36. The number of thioether (sulfide) groups is 1. The summed E-state index contributed by atoms with van der Waals surface area (Å²) in [6.07, 6.45) is 0.633. The topological polar surface area (TPSA) is 66.8 Å². The van der Waals surface area contributed by atoms with E-state index >= 15 is 0 Å². The van der Waals surface area contributed by atoms with E-state index in [-0.39, 0.29) is 28.0 Å². The van der Waals surface area contributed by atoms with Crippen molar-refractivity contribution in [2.45, 2.75) is 70.6 Å². The molecule has 1 aliphatic heterocycles. The Hall–Kier alpha value is -2.47. The third kappa shape index (κ3) is 5.72. The molecule has 1 amide bonds. The van der Waals surface area contributed by atoms with Crippen molar-refractivity contribution in [1.29, 1.82) is 0 Å². The first-order valence-electron chi connectivity index (χ1n) is 11.3. The van der Waals surface area contributed by atoms with Gasteiger partial charge >= 0.3 is 5.97 Å². The highest BCUT2D eigenvalue weighted by Crippen LogP contribution is 2.40. The monoisotopic (exact) mass is 469 g/mol. The first-order valence-corrected chi connectivity index (χ1v) is 12.3. The SMILES string of the molecule is COC(=O)c1ccc(CN2CSC(Cc3cc(C(C)(C)C)c(O)c(C(C)(C)C)c3)C2=O)cc1. The van der Waals surface area contributed by atoms with Crippen molar-refractivity contribution < 1.29 is 19.4 Å². The predicted octanol–water partition coefficient (Wildman–Crippen LogP) is 5.42. The maximum absolute atomic E-state index is 13.1. The molecule has 1 fully saturated rings. The van der Waals surface area contributed by atoms with Gasteiger partial charge in [-0.2, -0.15) is 0 Å². The van der Waals surface area contributed by atoms with Crippen LogP contribution in [0.2, 0.25) is 0 Å². The fourth-order valence-corrected chi connectivity index (χ4v) is 5.22. The maximum atomic E-state index is 13.1. The summed E-state index contributed by atoms with van der Waals surface area (Å²) in [5.41, 5.74) is 4.00. The largest absolute Gasteiger partial charge is 0.507 e. The fourth-order valence-electron chi connectivity index (χ4n) is 4.04. The van der Waals surface area contributed by atoms with Crippen molar-refractivity contribution in [2.75, 3.05) is 13.0 Å². The van der Waals surface area contributed by atoms with Crippen LogP contribution in [0.1, 0.15) is 74.2 Å². The number of carbonyl (C=O) groups is 2. The van der Waals surface area contributed by atoms with E-state index in [9.17, 15) is 14.7 Å². The number of phenols is 1. The Morgan fingerprint density at radius 3 is 2.06 bits per heavy atom. The molecule has 2 aromatic carbocycles. The van der Waals surface area contributed by atoms with Crippen molar-refractivity contribution in [3.05, 3.63) is 64.2 Å². The second-order valence-electron chi connectivity index (χ2n) is 10.8. The molecule has 1 N–H and O–H groups in total. The molecule has 3 rings (SSSR count). The van der Waals surface area contributed by atoms with Crippen molar-refractivity contribution >= 4 is 23.6 Å². The van der Waals surface area contributed by atoms with E-state index < -0.39 is 0 Å². The van der Waals surface area contributed by atoms with Crippen molar-refractivity contribution in [2.24, 2.45) is 0 Å². The molecule has 33 heavy (non-hydrogen) atoms. The predicted molar refractivity (Wildman–Crippen MR) is 134 cm³/mol. The molecule has 5 nitrogen and oxygen atoms in total. The molecule has 0 saturated carbocycles. The van der Waals surface area contributed by atoms with E-state index in [1.54, 1.807) is 23.9 Å². The molecule has 2 aromatic rings. The minimum absolute atomic E-state index is 0.125. The second-order valence-corrected chi connectivity index (χ2v) is 11.9. The maximum Gasteiger partial charge on any atom is 0.337 e. The number of hydrogen-bond donors (Lipinski definition) is 1. The van der Waals surface area contributed by atoms with Crippen LogP contribution in [0.4, 0.5) is 0 Å². The molecule has 1 aliphatic rings. The van der Waals surface area contributed by atoms with Crippen LogP contribution in [0, 0.1) is 0 Å². The molecule has 1 saturated heterocycles. The van der Waals surface area contributed by atoms with E-state index in [0.29, 0.717) is 30.2 Å². The molecule has 1 unspecified atom stereocenters. The summed E-state index contributed by atoms with van der Waals surface area (Å²) in [6.45, 7) is 13.1. The molecular weight excluding hydrogens is 434 g/mol. The number of amides is 1. The first kappa shape index (κ1) is 25.2. The second kappa shape index (κ2) is 9.41. The highest BCUT2D eigenvalue weighted by atomic mass is 32.2. The number of carbonyl (C=O) groups excluding carboxylic acids is 2. The smallest absolute Gasteiger partial charge is 0.337 e. The highest BCUT2D eigenvalue weighted by molar-refractivity contribution is 8.01. The van der Waals surface area contributed by atoms with Gasteiger partial charge < -0.3 is 14.7 Å². The third-order valence-corrected chi connectivity index (χ3v) is 7.21. The van der Waals surface area contributed by atoms with Crippen molar-refractivity contribution in [3.63, 3.8) is 0 Å². The number of hydrogen-bond acceptors (Lipinski definition) is 5. The Bertz CT molecular complexity index is 997. The summed E-state index contributed by atoms with van der Waals surface area (Å²) in [5, 5.41) is 10.8. The van der Waals surface area contributed by atoms with Gasteiger partial charge in [-0.1, -0.05) is 65.8 Å². The lowest BCUT2D eigenvalue weighted by Crippen LogP contribution is -2.30. The molecule has 0 aliphatic carbocycles. The van der Waals surface area contributed by atoms with Gasteiger partial charge in [0, 0.05) is 6.54 Å². The molecule has 0 bridgehead atoms.